The van der Waals surface area contributed by atoms with Crippen LogP contribution in [0.5, 0.6) is 0 Å². The monoisotopic (exact) mass is 472 g/mol. The fourth-order valence-corrected chi connectivity index (χ4v) is 5.36. The predicted molar refractivity (Wildman–Crippen MR) is 129 cm³/mol. The average Bonchev–Trinajstić information content (AvgIpc) is 3.31. The van der Waals surface area contributed by atoms with Gasteiger partial charge >= 0.3 is 6.09 Å². The lowest BCUT2D eigenvalue weighted by Gasteiger charge is -2.35. The third kappa shape index (κ3) is 5.51. The van der Waals surface area contributed by atoms with Crippen LogP contribution in [0.25, 0.3) is 10.9 Å². The summed E-state index contributed by atoms with van der Waals surface area (Å²) in [5, 5.41) is 1.24. The molecule has 0 atom stereocenters. The highest BCUT2D eigenvalue weighted by Crippen LogP contribution is 2.32. The molecule has 0 unspecified atom stereocenters. The number of nitrogens with zero attached hydrogens (tertiary/aromatic N) is 4. The van der Waals surface area contributed by atoms with Gasteiger partial charge in [-0.3, -0.25) is 14.2 Å². The largest absolute Gasteiger partial charge is 0.444 e. The molecule has 33 heavy (non-hydrogen) atoms. The van der Waals surface area contributed by atoms with E-state index in [1.54, 1.807) is 9.80 Å². The minimum atomic E-state index is -0.539. The maximum absolute atomic E-state index is 13.2. The molecule has 1 aromatic carbocycles. The number of fused-ring (bicyclic) bond motifs is 1. The quantitative estimate of drug-likeness (QED) is 0.499. The fraction of sp³-hybridized carbons (Fsp3) is 0.583. The van der Waals surface area contributed by atoms with E-state index >= 15 is 0 Å². The second kappa shape index (κ2) is 9.75. The molecule has 4 rings (SSSR count). The van der Waals surface area contributed by atoms with Crippen LogP contribution in [-0.2, 0) is 9.53 Å². The van der Waals surface area contributed by atoms with Crippen LogP contribution in [0.1, 0.15) is 52.5 Å². The Morgan fingerprint density at radius 2 is 1.70 bits per heavy atom. The van der Waals surface area contributed by atoms with E-state index in [1.807, 2.05) is 49.6 Å². The Morgan fingerprint density at radius 3 is 2.36 bits per heavy atom. The van der Waals surface area contributed by atoms with Crippen LogP contribution in [-0.4, -0.2) is 68.9 Å². The van der Waals surface area contributed by atoms with Gasteiger partial charge in [0.1, 0.15) is 5.60 Å². The van der Waals surface area contributed by atoms with E-state index < -0.39 is 5.60 Å². The highest BCUT2D eigenvalue weighted by Gasteiger charge is 2.28. The third-order valence-corrected chi connectivity index (χ3v) is 7.01. The summed E-state index contributed by atoms with van der Waals surface area (Å²) < 4.78 is 7.24. The van der Waals surface area contributed by atoms with Crippen LogP contribution in [0.2, 0.25) is 0 Å². The molecule has 0 spiro atoms. The highest BCUT2D eigenvalue weighted by molar-refractivity contribution is 7.99. The summed E-state index contributed by atoms with van der Waals surface area (Å²) in [5.41, 5.74) is 0.105. The lowest BCUT2D eigenvalue weighted by Crippen LogP contribution is -2.52. The lowest BCUT2D eigenvalue weighted by atomic mass is 10.2. The molecular weight excluding hydrogens is 440 g/mol. The summed E-state index contributed by atoms with van der Waals surface area (Å²) in [6, 6.07) is 7.54. The van der Waals surface area contributed by atoms with Crippen molar-refractivity contribution in [1.82, 2.24) is 19.4 Å². The highest BCUT2D eigenvalue weighted by atomic mass is 32.2. The van der Waals surface area contributed by atoms with Crippen LogP contribution in [0, 0.1) is 0 Å². The van der Waals surface area contributed by atoms with Gasteiger partial charge < -0.3 is 14.5 Å². The van der Waals surface area contributed by atoms with Crippen molar-refractivity contribution in [3.63, 3.8) is 0 Å². The fourth-order valence-electron chi connectivity index (χ4n) is 4.39. The Kier molecular flexibility index (Phi) is 6.97. The van der Waals surface area contributed by atoms with E-state index in [2.05, 4.69) is 0 Å². The molecule has 1 saturated carbocycles. The van der Waals surface area contributed by atoms with Crippen molar-refractivity contribution in [2.24, 2.45) is 0 Å². The number of ether oxygens (including phenoxy) is 1. The Bertz CT molecular complexity index is 1080. The Balaban J connectivity index is 1.42. The molecule has 1 aliphatic heterocycles. The number of hydrogen-bond donors (Lipinski definition) is 0. The molecule has 8 nitrogen and oxygen atoms in total. The summed E-state index contributed by atoms with van der Waals surface area (Å²) >= 11 is 1.34. The summed E-state index contributed by atoms with van der Waals surface area (Å²) in [5.74, 6) is 0.202. The molecule has 1 aliphatic carbocycles. The molecular formula is C24H32N4O4S. The van der Waals surface area contributed by atoms with E-state index in [1.165, 1.54) is 11.8 Å². The first-order valence-electron chi connectivity index (χ1n) is 11.6. The standard InChI is InChI=1S/C24H32N4O4S/c1-24(2,3)32-23(31)27-14-12-26(13-15-27)20(29)16-33-22-25-19-11-7-6-10-18(19)21(30)28(22)17-8-4-5-9-17/h6-7,10-11,17H,4-5,8-9,12-16H2,1-3H3. The normalized spacial score (nSPS) is 17.5. The lowest BCUT2D eigenvalue weighted by molar-refractivity contribution is -0.130. The van der Waals surface area contributed by atoms with Gasteiger partial charge in [0.05, 0.1) is 16.7 Å². The zero-order valence-electron chi connectivity index (χ0n) is 19.6. The van der Waals surface area contributed by atoms with Crippen LogP contribution < -0.4 is 5.56 Å². The molecule has 1 aromatic heterocycles. The molecule has 2 aliphatic rings. The summed E-state index contributed by atoms with van der Waals surface area (Å²) in [6.45, 7) is 7.37. The van der Waals surface area contributed by atoms with Gasteiger partial charge in [0.15, 0.2) is 5.16 Å². The molecule has 0 radical (unpaired) electrons. The Labute approximate surface area is 198 Å². The number of benzene rings is 1. The molecule has 2 amide bonds. The van der Waals surface area contributed by atoms with E-state index in [4.69, 9.17) is 9.72 Å². The van der Waals surface area contributed by atoms with E-state index in [0.29, 0.717) is 42.2 Å². The molecule has 1 saturated heterocycles. The van der Waals surface area contributed by atoms with Crippen molar-refractivity contribution in [2.75, 3.05) is 31.9 Å². The van der Waals surface area contributed by atoms with Gasteiger partial charge in [0.25, 0.3) is 5.56 Å². The van der Waals surface area contributed by atoms with Gasteiger partial charge in [-0.2, -0.15) is 0 Å². The smallest absolute Gasteiger partial charge is 0.410 e. The third-order valence-electron chi connectivity index (χ3n) is 6.07. The zero-order valence-corrected chi connectivity index (χ0v) is 20.4. The van der Waals surface area contributed by atoms with Gasteiger partial charge in [0.2, 0.25) is 5.91 Å². The summed E-state index contributed by atoms with van der Waals surface area (Å²) in [4.78, 5) is 46.6. The van der Waals surface area contributed by atoms with Gasteiger partial charge in [-0.1, -0.05) is 36.7 Å². The summed E-state index contributed by atoms with van der Waals surface area (Å²) in [7, 11) is 0. The van der Waals surface area contributed by atoms with Crippen molar-refractivity contribution >= 4 is 34.7 Å². The first-order valence-corrected chi connectivity index (χ1v) is 12.6. The number of amides is 2. The minimum Gasteiger partial charge on any atom is -0.444 e. The zero-order chi connectivity index (χ0) is 23.6. The number of piperazine rings is 1. The molecule has 2 aromatic rings. The van der Waals surface area contributed by atoms with Crippen molar-refractivity contribution < 1.29 is 14.3 Å². The second-order valence-corrected chi connectivity index (χ2v) is 10.6. The molecule has 2 fully saturated rings. The molecule has 0 N–H and O–H groups in total. The van der Waals surface area contributed by atoms with Crippen LogP contribution in [0.15, 0.2) is 34.2 Å². The van der Waals surface area contributed by atoms with E-state index in [-0.39, 0.29) is 29.4 Å². The topological polar surface area (TPSA) is 84.7 Å². The number of hydrogen-bond acceptors (Lipinski definition) is 6. The van der Waals surface area contributed by atoms with Crippen molar-refractivity contribution in [3.05, 3.63) is 34.6 Å². The second-order valence-electron chi connectivity index (χ2n) is 9.66. The van der Waals surface area contributed by atoms with Gasteiger partial charge in [-0.15, -0.1) is 0 Å². The number of carbonyl (C=O) groups excluding carboxylic acids is 2. The van der Waals surface area contributed by atoms with Gasteiger partial charge in [-0.05, 0) is 45.7 Å². The molecule has 0 bridgehead atoms. The maximum atomic E-state index is 13.2. The van der Waals surface area contributed by atoms with Crippen LogP contribution in [0.4, 0.5) is 4.79 Å². The van der Waals surface area contributed by atoms with Gasteiger partial charge in [-0.25, -0.2) is 9.78 Å². The summed E-state index contributed by atoms with van der Waals surface area (Å²) in [6.07, 6.45) is 3.80. The van der Waals surface area contributed by atoms with Crippen molar-refractivity contribution in [3.8, 4) is 0 Å². The Morgan fingerprint density at radius 1 is 1.06 bits per heavy atom. The average molecular weight is 473 g/mol. The van der Waals surface area contributed by atoms with E-state index in [0.717, 1.165) is 25.7 Å². The number of aromatic nitrogens is 2. The minimum absolute atomic E-state index is 0.00998. The van der Waals surface area contributed by atoms with Crippen LogP contribution >= 0.6 is 11.8 Å². The van der Waals surface area contributed by atoms with Crippen LogP contribution in [0.3, 0.4) is 0 Å². The number of para-hydroxylation sites is 1. The molecule has 178 valence electrons. The number of thioether (sulfide) groups is 1. The van der Waals surface area contributed by atoms with Gasteiger partial charge in [0, 0.05) is 32.2 Å². The predicted octanol–water partition coefficient (Wildman–Crippen LogP) is 3.68. The van der Waals surface area contributed by atoms with Crippen molar-refractivity contribution in [1.29, 1.82) is 0 Å². The first-order chi connectivity index (χ1) is 15.7. The maximum Gasteiger partial charge on any atom is 0.410 e. The Hall–Kier alpha value is -2.55. The van der Waals surface area contributed by atoms with Crippen molar-refractivity contribution in [2.45, 2.75) is 63.3 Å². The number of carbonyl (C=O) groups is 2. The first kappa shape index (κ1) is 23.6. The molecule has 9 heteroatoms. The molecule has 2 heterocycles. The SMILES string of the molecule is CC(C)(C)OC(=O)N1CCN(C(=O)CSc2nc3ccccc3c(=O)n2C2CCCC2)CC1. The van der Waals surface area contributed by atoms with E-state index in [9.17, 15) is 14.4 Å². The number of rotatable bonds is 4.